The van der Waals surface area contributed by atoms with E-state index in [0.717, 1.165) is 12.0 Å². The first kappa shape index (κ1) is 15.3. The van der Waals surface area contributed by atoms with Crippen LogP contribution < -0.4 is 10.5 Å². The van der Waals surface area contributed by atoms with Crippen molar-refractivity contribution in [2.45, 2.75) is 13.0 Å². The van der Waals surface area contributed by atoms with E-state index in [-0.39, 0.29) is 5.84 Å². The average Bonchev–Trinajstić information content (AvgIpc) is 2.46. The fraction of sp³-hybridized carbons (Fsp3) is 0.462. The van der Waals surface area contributed by atoms with Gasteiger partial charge < -0.3 is 25.2 Å². The second-order valence-electron chi connectivity index (χ2n) is 3.92. The van der Waals surface area contributed by atoms with Crippen LogP contribution in [0.15, 0.2) is 23.4 Å². The zero-order valence-corrected chi connectivity index (χ0v) is 11.3. The number of nitrogens with two attached hydrogens (primary N) is 1. The maximum atomic E-state index is 8.67. The first-order chi connectivity index (χ1) is 9.22. The molecule has 0 unspecified atom stereocenters. The molecule has 0 saturated carbocycles. The maximum absolute atomic E-state index is 8.67. The number of rotatable bonds is 8. The molecule has 0 aliphatic carbocycles. The van der Waals surface area contributed by atoms with E-state index >= 15 is 0 Å². The summed E-state index contributed by atoms with van der Waals surface area (Å²) in [5.41, 5.74) is 7.06. The normalized spacial score (nSPS) is 11.6. The van der Waals surface area contributed by atoms with Crippen LogP contribution in [0.3, 0.4) is 0 Å². The van der Waals surface area contributed by atoms with Crippen LogP contribution in [0, 0.1) is 0 Å². The summed E-state index contributed by atoms with van der Waals surface area (Å²) in [7, 11) is 3.20. The van der Waals surface area contributed by atoms with Crippen LogP contribution in [0.4, 0.5) is 0 Å². The molecule has 0 bridgehead atoms. The van der Waals surface area contributed by atoms with Crippen LogP contribution in [0.5, 0.6) is 5.75 Å². The van der Waals surface area contributed by atoms with Gasteiger partial charge in [-0.05, 0) is 24.1 Å². The van der Waals surface area contributed by atoms with Crippen LogP contribution in [-0.2, 0) is 16.1 Å². The van der Waals surface area contributed by atoms with Crippen LogP contribution in [0.25, 0.3) is 0 Å². The Hall–Kier alpha value is -1.79. The Bertz CT molecular complexity index is 421. The Morgan fingerprint density at radius 1 is 1.32 bits per heavy atom. The van der Waals surface area contributed by atoms with E-state index in [1.807, 2.05) is 12.1 Å². The molecule has 0 fully saturated rings. The molecular formula is C13H20N2O4. The van der Waals surface area contributed by atoms with E-state index in [1.165, 1.54) is 7.11 Å². The van der Waals surface area contributed by atoms with Crippen molar-refractivity contribution < 1.29 is 19.4 Å². The summed E-state index contributed by atoms with van der Waals surface area (Å²) >= 11 is 0. The quantitative estimate of drug-likeness (QED) is 0.244. The van der Waals surface area contributed by atoms with Gasteiger partial charge in [-0.2, -0.15) is 0 Å². The number of methoxy groups -OCH3 is 2. The fourth-order valence-corrected chi connectivity index (χ4v) is 1.59. The minimum absolute atomic E-state index is 0.0180. The van der Waals surface area contributed by atoms with Gasteiger partial charge in [-0.25, -0.2) is 0 Å². The lowest BCUT2D eigenvalue weighted by molar-refractivity contribution is 0.0927. The van der Waals surface area contributed by atoms with Crippen LogP contribution in [0.1, 0.15) is 17.5 Å². The van der Waals surface area contributed by atoms with Gasteiger partial charge in [0.05, 0.1) is 19.3 Å². The second-order valence-corrected chi connectivity index (χ2v) is 3.92. The summed E-state index contributed by atoms with van der Waals surface area (Å²) in [6.07, 6.45) is 0.857. The van der Waals surface area contributed by atoms with Crippen molar-refractivity contribution >= 4 is 5.84 Å². The Labute approximate surface area is 112 Å². The first-order valence-corrected chi connectivity index (χ1v) is 5.94. The molecule has 0 aliphatic rings. The number of benzene rings is 1. The zero-order chi connectivity index (χ0) is 14.1. The van der Waals surface area contributed by atoms with Gasteiger partial charge in [0.1, 0.15) is 5.75 Å². The lowest BCUT2D eigenvalue weighted by Gasteiger charge is -2.10. The molecule has 19 heavy (non-hydrogen) atoms. The van der Waals surface area contributed by atoms with Crippen molar-refractivity contribution in [3.8, 4) is 5.75 Å². The number of nitrogens with zero attached hydrogens (tertiary/aromatic N) is 1. The topological polar surface area (TPSA) is 86.3 Å². The van der Waals surface area contributed by atoms with Gasteiger partial charge in [0, 0.05) is 20.3 Å². The van der Waals surface area contributed by atoms with Crippen LogP contribution in [0.2, 0.25) is 0 Å². The van der Waals surface area contributed by atoms with Gasteiger partial charge in [0.2, 0.25) is 0 Å². The summed E-state index contributed by atoms with van der Waals surface area (Å²) in [4.78, 5) is 0. The van der Waals surface area contributed by atoms with Gasteiger partial charge >= 0.3 is 0 Å². The molecule has 0 amide bonds. The third kappa shape index (κ3) is 4.76. The van der Waals surface area contributed by atoms with Crippen LogP contribution >= 0.6 is 0 Å². The van der Waals surface area contributed by atoms with Crippen molar-refractivity contribution in [2.75, 3.05) is 27.4 Å². The number of amidine groups is 1. The predicted molar refractivity (Wildman–Crippen MR) is 71.7 cm³/mol. The van der Waals surface area contributed by atoms with Gasteiger partial charge in [-0.15, -0.1) is 0 Å². The number of hydrogen-bond donors (Lipinski definition) is 2. The molecule has 6 nitrogen and oxygen atoms in total. The van der Waals surface area contributed by atoms with Gasteiger partial charge in [-0.3, -0.25) is 0 Å². The smallest absolute Gasteiger partial charge is 0.173 e. The summed E-state index contributed by atoms with van der Waals surface area (Å²) in [6, 6.07) is 5.40. The molecule has 106 valence electrons. The summed E-state index contributed by atoms with van der Waals surface area (Å²) in [5, 5.41) is 11.6. The molecule has 6 heteroatoms. The molecule has 0 saturated heterocycles. The van der Waals surface area contributed by atoms with E-state index in [0.29, 0.717) is 31.1 Å². The SMILES string of the molecule is COCCCOCc1ccc(/C(N)=N/O)c(OC)c1. The van der Waals surface area contributed by atoms with Crippen molar-refractivity contribution in [2.24, 2.45) is 10.9 Å². The highest BCUT2D eigenvalue weighted by Crippen LogP contribution is 2.20. The highest BCUT2D eigenvalue weighted by Gasteiger charge is 2.08. The number of oxime groups is 1. The summed E-state index contributed by atoms with van der Waals surface area (Å²) in [6.45, 7) is 1.81. The molecule has 3 N–H and O–H groups in total. The molecular weight excluding hydrogens is 248 g/mol. The molecule has 0 aliphatic heterocycles. The van der Waals surface area contributed by atoms with E-state index in [9.17, 15) is 0 Å². The zero-order valence-electron chi connectivity index (χ0n) is 11.3. The summed E-state index contributed by atoms with van der Waals surface area (Å²) in [5.74, 6) is 0.567. The average molecular weight is 268 g/mol. The lowest BCUT2D eigenvalue weighted by Crippen LogP contribution is -2.14. The van der Waals surface area contributed by atoms with Crippen molar-refractivity contribution in [3.63, 3.8) is 0 Å². The van der Waals surface area contributed by atoms with Crippen molar-refractivity contribution in [3.05, 3.63) is 29.3 Å². The van der Waals surface area contributed by atoms with Gasteiger partial charge in [0.25, 0.3) is 0 Å². The molecule has 1 aromatic rings. The number of hydrogen-bond acceptors (Lipinski definition) is 5. The molecule has 0 heterocycles. The van der Waals surface area contributed by atoms with Crippen molar-refractivity contribution in [1.29, 1.82) is 0 Å². The largest absolute Gasteiger partial charge is 0.496 e. The lowest BCUT2D eigenvalue weighted by atomic mass is 10.1. The number of ether oxygens (including phenoxy) is 3. The summed E-state index contributed by atoms with van der Waals surface area (Å²) < 4.78 is 15.6. The Balaban J connectivity index is 2.62. The molecule has 0 radical (unpaired) electrons. The highest BCUT2D eigenvalue weighted by atomic mass is 16.5. The minimum Gasteiger partial charge on any atom is -0.496 e. The Morgan fingerprint density at radius 3 is 2.74 bits per heavy atom. The van der Waals surface area contributed by atoms with Crippen LogP contribution in [-0.4, -0.2) is 38.5 Å². The van der Waals surface area contributed by atoms with E-state index in [4.69, 9.17) is 25.2 Å². The molecule has 0 atom stereocenters. The molecule has 1 rings (SSSR count). The Morgan fingerprint density at radius 2 is 2.11 bits per heavy atom. The predicted octanol–water partition coefficient (Wildman–Crippen LogP) is 1.34. The molecule has 1 aromatic carbocycles. The van der Waals surface area contributed by atoms with Crippen molar-refractivity contribution in [1.82, 2.24) is 0 Å². The highest BCUT2D eigenvalue weighted by molar-refractivity contribution is 5.99. The van der Waals surface area contributed by atoms with E-state index in [1.54, 1.807) is 13.2 Å². The first-order valence-electron chi connectivity index (χ1n) is 5.94. The monoisotopic (exact) mass is 268 g/mol. The van der Waals surface area contributed by atoms with E-state index in [2.05, 4.69) is 5.16 Å². The molecule has 0 spiro atoms. The second kappa shape index (κ2) is 8.34. The maximum Gasteiger partial charge on any atom is 0.173 e. The van der Waals surface area contributed by atoms with E-state index < -0.39 is 0 Å². The third-order valence-corrected chi connectivity index (χ3v) is 2.56. The standard InChI is InChI=1S/C13H20N2O4/c1-17-6-3-7-19-9-10-4-5-11(13(14)15-16)12(8-10)18-2/h4-5,8,16H,3,6-7,9H2,1-2H3,(H2,14,15). The van der Waals surface area contributed by atoms with Gasteiger partial charge in [0.15, 0.2) is 5.84 Å². The fourth-order valence-electron chi connectivity index (χ4n) is 1.59. The molecule has 0 aromatic heterocycles. The van der Waals surface area contributed by atoms with Gasteiger partial charge in [-0.1, -0.05) is 11.2 Å². The third-order valence-electron chi connectivity index (χ3n) is 2.56. The Kier molecular flexibility index (Phi) is 6.70. The minimum atomic E-state index is 0.0180.